The van der Waals surface area contributed by atoms with Crippen LogP contribution in [0, 0.1) is 5.92 Å². The van der Waals surface area contributed by atoms with E-state index in [1.807, 2.05) is 6.07 Å². The van der Waals surface area contributed by atoms with E-state index in [4.69, 9.17) is 9.47 Å². The first-order valence-electron chi connectivity index (χ1n) is 7.62. The van der Waals surface area contributed by atoms with Gasteiger partial charge in [-0.1, -0.05) is 54.1 Å². The summed E-state index contributed by atoms with van der Waals surface area (Å²) in [5, 5.41) is 0. The van der Waals surface area contributed by atoms with Gasteiger partial charge >= 0.3 is 0 Å². The van der Waals surface area contributed by atoms with Gasteiger partial charge in [-0.3, -0.25) is 0 Å². The van der Waals surface area contributed by atoms with Gasteiger partial charge in [0.1, 0.15) is 0 Å². The van der Waals surface area contributed by atoms with Gasteiger partial charge in [0, 0.05) is 4.83 Å². The summed E-state index contributed by atoms with van der Waals surface area (Å²) in [6.07, 6.45) is 9.56. The van der Waals surface area contributed by atoms with E-state index in [1.165, 1.54) is 50.5 Å². The maximum absolute atomic E-state index is 5.41. The van der Waals surface area contributed by atoms with E-state index in [2.05, 4.69) is 28.1 Å². The second kappa shape index (κ2) is 7.92. The van der Waals surface area contributed by atoms with Crippen LogP contribution in [0.2, 0.25) is 0 Å². The Morgan fingerprint density at radius 1 is 0.950 bits per heavy atom. The monoisotopic (exact) mass is 340 g/mol. The van der Waals surface area contributed by atoms with Crippen molar-refractivity contribution in [2.75, 3.05) is 14.2 Å². The van der Waals surface area contributed by atoms with Gasteiger partial charge in [-0.2, -0.15) is 0 Å². The molecule has 0 N–H and O–H groups in total. The number of alkyl halides is 1. The first-order valence-corrected chi connectivity index (χ1v) is 8.54. The zero-order chi connectivity index (χ0) is 14.4. The highest BCUT2D eigenvalue weighted by molar-refractivity contribution is 9.09. The smallest absolute Gasteiger partial charge is 0.161 e. The van der Waals surface area contributed by atoms with E-state index >= 15 is 0 Å². The lowest BCUT2D eigenvalue weighted by atomic mass is 9.86. The van der Waals surface area contributed by atoms with Crippen LogP contribution < -0.4 is 9.47 Å². The summed E-state index contributed by atoms with van der Waals surface area (Å²) in [6, 6.07) is 6.27. The third-order valence-corrected chi connectivity index (χ3v) is 5.57. The average Bonchev–Trinajstić information content (AvgIpc) is 2.45. The molecule has 1 aromatic carbocycles. The van der Waals surface area contributed by atoms with Gasteiger partial charge in [0.05, 0.1) is 14.2 Å². The van der Waals surface area contributed by atoms with Gasteiger partial charge in [-0.15, -0.1) is 0 Å². The molecular formula is C17H25BrO2. The molecule has 1 aliphatic carbocycles. The number of hydrogen-bond acceptors (Lipinski definition) is 2. The van der Waals surface area contributed by atoms with Crippen LogP contribution in [0.4, 0.5) is 0 Å². The first-order chi connectivity index (χ1) is 9.76. The maximum Gasteiger partial charge on any atom is 0.161 e. The molecule has 2 rings (SSSR count). The summed E-state index contributed by atoms with van der Waals surface area (Å²) < 4.78 is 10.7. The Balaban J connectivity index is 2.12. The van der Waals surface area contributed by atoms with E-state index in [0.29, 0.717) is 4.83 Å². The number of benzene rings is 1. The van der Waals surface area contributed by atoms with Crippen molar-refractivity contribution in [3.05, 3.63) is 23.8 Å². The van der Waals surface area contributed by atoms with Crippen molar-refractivity contribution >= 4 is 15.9 Å². The molecule has 112 valence electrons. The van der Waals surface area contributed by atoms with E-state index in [9.17, 15) is 0 Å². The molecule has 1 aromatic rings. The number of methoxy groups -OCH3 is 2. The molecule has 1 fully saturated rings. The van der Waals surface area contributed by atoms with Crippen molar-refractivity contribution in [3.8, 4) is 11.5 Å². The molecule has 0 spiro atoms. The Morgan fingerprint density at radius 2 is 1.55 bits per heavy atom. The largest absolute Gasteiger partial charge is 0.493 e. The molecule has 0 radical (unpaired) electrons. The van der Waals surface area contributed by atoms with Gasteiger partial charge in [0.25, 0.3) is 0 Å². The molecule has 0 heterocycles. The van der Waals surface area contributed by atoms with Crippen LogP contribution in [0.5, 0.6) is 11.5 Å². The van der Waals surface area contributed by atoms with Crippen LogP contribution in [0.1, 0.15) is 55.3 Å². The molecule has 1 aliphatic rings. The van der Waals surface area contributed by atoms with Crippen molar-refractivity contribution in [1.29, 1.82) is 0 Å². The molecule has 3 heteroatoms. The molecule has 0 saturated heterocycles. The highest BCUT2D eigenvalue weighted by atomic mass is 79.9. The zero-order valence-electron chi connectivity index (χ0n) is 12.5. The molecule has 0 bridgehead atoms. The highest BCUT2D eigenvalue weighted by Crippen LogP contribution is 2.41. The van der Waals surface area contributed by atoms with Gasteiger partial charge in [-0.05, 0) is 36.5 Å². The van der Waals surface area contributed by atoms with Crippen LogP contribution in [-0.4, -0.2) is 14.2 Å². The van der Waals surface area contributed by atoms with Gasteiger partial charge in [0.2, 0.25) is 0 Å². The first kappa shape index (κ1) is 15.7. The summed E-state index contributed by atoms with van der Waals surface area (Å²) in [5.74, 6) is 2.35. The number of rotatable bonds is 4. The Kier molecular flexibility index (Phi) is 6.21. The number of hydrogen-bond donors (Lipinski definition) is 0. The summed E-state index contributed by atoms with van der Waals surface area (Å²) in [6.45, 7) is 0. The van der Waals surface area contributed by atoms with Crippen molar-refractivity contribution in [2.24, 2.45) is 5.92 Å². The molecule has 1 unspecified atom stereocenters. The minimum Gasteiger partial charge on any atom is -0.493 e. The van der Waals surface area contributed by atoms with Crippen LogP contribution in [0.3, 0.4) is 0 Å². The van der Waals surface area contributed by atoms with E-state index in [0.717, 1.165) is 17.4 Å². The molecule has 0 aromatic heterocycles. The Hall–Kier alpha value is -0.700. The molecular weight excluding hydrogens is 316 g/mol. The lowest BCUT2D eigenvalue weighted by molar-refractivity contribution is 0.352. The minimum absolute atomic E-state index is 0.417. The highest BCUT2D eigenvalue weighted by Gasteiger charge is 2.22. The van der Waals surface area contributed by atoms with E-state index < -0.39 is 0 Å². The standard InChI is InChI=1S/C17H25BrO2/c1-19-15-11-10-14(12-16(15)20-2)17(18)13-8-6-4-3-5-7-9-13/h10-13,17H,3-9H2,1-2H3. The van der Waals surface area contributed by atoms with Gasteiger partial charge in [0.15, 0.2) is 11.5 Å². The van der Waals surface area contributed by atoms with Gasteiger partial charge < -0.3 is 9.47 Å². The van der Waals surface area contributed by atoms with E-state index in [-0.39, 0.29) is 0 Å². The molecule has 20 heavy (non-hydrogen) atoms. The molecule has 2 nitrogen and oxygen atoms in total. The zero-order valence-corrected chi connectivity index (χ0v) is 14.1. The predicted octanol–water partition coefficient (Wildman–Crippen LogP) is 5.50. The van der Waals surface area contributed by atoms with Crippen molar-refractivity contribution in [2.45, 2.75) is 49.8 Å². The molecule has 0 amide bonds. The summed E-state index contributed by atoms with van der Waals surface area (Å²) >= 11 is 3.92. The average molecular weight is 341 g/mol. The lowest BCUT2D eigenvalue weighted by Crippen LogP contribution is -2.10. The Bertz CT molecular complexity index is 411. The topological polar surface area (TPSA) is 18.5 Å². The molecule has 1 saturated carbocycles. The van der Waals surface area contributed by atoms with Crippen molar-refractivity contribution in [3.63, 3.8) is 0 Å². The summed E-state index contributed by atoms with van der Waals surface area (Å²) in [4.78, 5) is 0.417. The predicted molar refractivity (Wildman–Crippen MR) is 87.0 cm³/mol. The summed E-state index contributed by atoms with van der Waals surface area (Å²) in [7, 11) is 3.37. The quantitative estimate of drug-likeness (QED) is 0.673. The number of ether oxygens (including phenoxy) is 2. The van der Waals surface area contributed by atoms with E-state index in [1.54, 1.807) is 14.2 Å². The van der Waals surface area contributed by atoms with Crippen LogP contribution in [0.15, 0.2) is 18.2 Å². The van der Waals surface area contributed by atoms with Crippen molar-refractivity contribution < 1.29 is 9.47 Å². The van der Waals surface area contributed by atoms with Crippen LogP contribution in [0.25, 0.3) is 0 Å². The van der Waals surface area contributed by atoms with Gasteiger partial charge in [-0.25, -0.2) is 0 Å². The second-order valence-electron chi connectivity index (χ2n) is 5.62. The lowest BCUT2D eigenvalue weighted by Gasteiger charge is -2.25. The third kappa shape index (κ3) is 3.91. The van der Waals surface area contributed by atoms with Crippen molar-refractivity contribution in [1.82, 2.24) is 0 Å². The third-order valence-electron chi connectivity index (χ3n) is 4.29. The minimum atomic E-state index is 0.417. The van der Waals surface area contributed by atoms with Crippen LogP contribution >= 0.6 is 15.9 Å². The summed E-state index contributed by atoms with van der Waals surface area (Å²) in [5.41, 5.74) is 1.30. The van der Waals surface area contributed by atoms with Crippen LogP contribution in [-0.2, 0) is 0 Å². The maximum atomic E-state index is 5.41. The number of halogens is 1. The normalized spacial score (nSPS) is 18.9. The Labute approximate surface area is 131 Å². The molecule has 0 aliphatic heterocycles. The fourth-order valence-electron chi connectivity index (χ4n) is 3.08. The molecule has 1 atom stereocenters. The Morgan fingerprint density at radius 3 is 2.15 bits per heavy atom. The second-order valence-corrected chi connectivity index (χ2v) is 6.61. The SMILES string of the molecule is COc1ccc(C(Br)C2CCCCCCC2)cc1OC. The fraction of sp³-hybridized carbons (Fsp3) is 0.647. The fourth-order valence-corrected chi connectivity index (χ4v) is 3.89.